The van der Waals surface area contributed by atoms with Gasteiger partial charge in [-0.3, -0.25) is 15.0 Å². The number of fused-ring (bicyclic) bond motifs is 3. The molecular formula is C53H61N3O12S. The fraction of sp³-hybridized carbons (Fsp3) is 0.434. The Hall–Kier alpha value is -6.07. The zero-order valence-corrected chi connectivity index (χ0v) is 39.8. The number of hydrogen-bond donors (Lipinski definition) is 2. The zero-order valence-electron chi connectivity index (χ0n) is 38.9. The van der Waals surface area contributed by atoms with Gasteiger partial charge in [-0.05, 0) is 116 Å². The van der Waals surface area contributed by atoms with E-state index in [4.69, 9.17) is 38.4 Å². The van der Waals surface area contributed by atoms with E-state index in [1.54, 1.807) is 41.8 Å². The maximum Gasteiger partial charge on any atom is 0.410 e. The number of nitro benzene ring substituents is 1. The van der Waals surface area contributed by atoms with Gasteiger partial charge in [-0.25, -0.2) is 4.79 Å². The maximum atomic E-state index is 14.7. The van der Waals surface area contributed by atoms with Crippen LogP contribution in [0.1, 0.15) is 74.5 Å². The third kappa shape index (κ3) is 11.4. The lowest BCUT2D eigenvalue weighted by molar-refractivity contribution is -0.384. The number of hydrogen-bond acceptors (Lipinski definition) is 14. The molecule has 1 fully saturated rings. The minimum absolute atomic E-state index is 0.00633. The quantitative estimate of drug-likeness (QED) is 0.0223. The topological polar surface area (TPSA) is 181 Å². The molecule has 2 N–H and O–H groups in total. The highest BCUT2D eigenvalue weighted by Crippen LogP contribution is 2.62. The fourth-order valence-corrected chi connectivity index (χ4v) is 11.0. The smallest absolute Gasteiger partial charge is 0.410 e. The van der Waals surface area contributed by atoms with E-state index < -0.39 is 28.8 Å². The number of aliphatic hydroxyl groups excluding tert-OH is 2. The number of ether oxygens (including phenoxy) is 6. The Labute approximate surface area is 407 Å². The number of nitrogens with zero attached hydrogens (tertiary/aromatic N) is 3. The average Bonchev–Trinajstić information content (AvgIpc) is 3.84. The summed E-state index contributed by atoms with van der Waals surface area (Å²) in [5, 5.41) is 36.4. The lowest BCUT2D eigenvalue weighted by atomic mass is 9.55. The summed E-state index contributed by atoms with van der Waals surface area (Å²) in [6.07, 6.45) is 7.84. The van der Waals surface area contributed by atoms with E-state index in [9.17, 15) is 25.1 Å². The minimum Gasteiger partial charge on any atom is -0.493 e. The van der Waals surface area contributed by atoms with Crippen LogP contribution >= 0.6 is 11.8 Å². The second-order valence-electron chi connectivity index (χ2n) is 17.5. The predicted octanol–water partition coefficient (Wildman–Crippen LogP) is 9.99. The molecule has 6 atom stereocenters. The summed E-state index contributed by atoms with van der Waals surface area (Å²) in [5.41, 5.74) is 3.79. The summed E-state index contributed by atoms with van der Waals surface area (Å²) in [5.74, 6) is 0.813. The molecule has 1 saturated carbocycles. The molecule has 2 aliphatic heterocycles. The highest BCUT2D eigenvalue weighted by atomic mass is 32.2. The molecule has 0 spiro atoms. The van der Waals surface area contributed by atoms with Gasteiger partial charge >= 0.3 is 6.09 Å². The van der Waals surface area contributed by atoms with Crippen molar-refractivity contribution < 1.29 is 53.2 Å². The van der Waals surface area contributed by atoms with E-state index in [0.717, 1.165) is 53.0 Å². The monoisotopic (exact) mass is 963 g/mol. The molecule has 366 valence electrons. The van der Waals surface area contributed by atoms with Crippen LogP contribution in [0, 0.1) is 27.9 Å². The van der Waals surface area contributed by atoms with Gasteiger partial charge in [-0.2, -0.15) is 0 Å². The third-order valence-corrected chi connectivity index (χ3v) is 14.2. The molecule has 69 heavy (non-hydrogen) atoms. The Kier molecular flexibility index (Phi) is 16.8. The Morgan fingerprint density at radius 1 is 0.957 bits per heavy atom. The van der Waals surface area contributed by atoms with Crippen LogP contribution in [0.4, 0.5) is 10.5 Å². The Bertz CT molecular complexity index is 2450. The number of oxime groups is 1. The van der Waals surface area contributed by atoms with E-state index in [1.165, 1.54) is 12.1 Å². The van der Waals surface area contributed by atoms with Crippen molar-refractivity contribution in [2.75, 3.05) is 45.6 Å². The summed E-state index contributed by atoms with van der Waals surface area (Å²) in [6, 6.07) is 27.0. The van der Waals surface area contributed by atoms with Gasteiger partial charge < -0.3 is 43.5 Å². The van der Waals surface area contributed by atoms with E-state index in [-0.39, 0.29) is 76.2 Å². The number of amides is 1. The van der Waals surface area contributed by atoms with E-state index in [1.807, 2.05) is 48.5 Å². The highest BCUT2D eigenvalue weighted by Gasteiger charge is 2.65. The van der Waals surface area contributed by atoms with Crippen molar-refractivity contribution >= 4 is 29.3 Å². The van der Waals surface area contributed by atoms with Crippen molar-refractivity contribution in [1.82, 2.24) is 4.90 Å². The number of allylic oxidation sites excluding steroid dienone is 1. The number of carbonyl (C=O) groups is 1. The predicted molar refractivity (Wildman–Crippen MR) is 261 cm³/mol. The van der Waals surface area contributed by atoms with Crippen LogP contribution in [0.25, 0.3) is 0 Å². The van der Waals surface area contributed by atoms with E-state index >= 15 is 0 Å². The first-order valence-corrected chi connectivity index (χ1v) is 24.8. The van der Waals surface area contributed by atoms with Crippen molar-refractivity contribution in [3.05, 3.63) is 142 Å². The van der Waals surface area contributed by atoms with Crippen LogP contribution in [0.15, 0.2) is 125 Å². The largest absolute Gasteiger partial charge is 0.493 e. The van der Waals surface area contributed by atoms with Gasteiger partial charge in [0.05, 0.1) is 36.4 Å². The van der Waals surface area contributed by atoms with E-state index in [0.29, 0.717) is 53.7 Å². The van der Waals surface area contributed by atoms with Crippen LogP contribution in [0.5, 0.6) is 23.0 Å². The molecule has 2 aliphatic carbocycles. The van der Waals surface area contributed by atoms with Gasteiger partial charge in [0, 0.05) is 60.4 Å². The Balaban J connectivity index is 1.27. The molecule has 1 amide bonds. The molecule has 0 bridgehead atoms. The summed E-state index contributed by atoms with van der Waals surface area (Å²) in [4.78, 5) is 34.7. The average molecular weight is 964 g/mol. The minimum atomic E-state index is -1.53. The lowest BCUT2D eigenvalue weighted by Gasteiger charge is -2.59. The number of unbranched alkanes of at least 4 members (excludes halogenated alkanes) is 2. The molecule has 2 heterocycles. The second kappa shape index (κ2) is 23.5. The Morgan fingerprint density at radius 3 is 2.46 bits per heavy atom. The second-order valence-corrected chi connectivity index (χ2v) is 18.7. The van der Waals surface area contributed by atoms with Gasteiger partial charge in [0.15, 0.2) is 11.5 Å². The number of carbonyl (C=O) groups excluding carboxylic acids is 1. The van der Waals surface area contributed by atoms with Crippen molar-refractivity contribution in [1.29, 1.82) is 0 Å². The van der Waals surface area contributed by atoms with Crippen LogP contribution in [-0.4, -0.2) is 89.3 Å². The van der Waals surface area contributed by atoms with E-state index in [2.05, 4.69) is 30.9 Å². The molecule has 0 radical (unpaired) electrons. The van der Waals surface area contributed by atoms with Crippen LogP contribution in [0.3, 0.4) is 0 Å². The standard InChI is InChI=1S/C53H61N3O12S/c1-3-26-66-53-49(55(52(59)62-4-2)33-37-18-22-47-48(29-37)65-35-64-47)32-45(54-67-34-36-16-19-39(20-17-36)56(60)61)43-30-38(12-8-10-24-57)42(15-9-11-25-58)50(51(43)53)44-31-40(21-23-46(44)68-53)63-27-28-69-41-13-6-5-7-14-41/h3,5-7,13-14,16-23,29-31,38,42,49-51,57-58H,1,4,8-12,15,24-28,32-35H2,2H3. The van der Waals surface area contributed by atoms with Crippen molar-refractivity contribution in [2.24, 2.45) is 22.9 Å². The van der Waals surface area contributed by atoms with Crippen molar-refractivity contribution in [3.8, 4) is 23.0 Å². The highest BCUT2D eigenvalue weighted by molar-refractivity contribution is 7.99. The number of rotatable bonds is 24. The van der Waals surface area contributed by atoms with Crippen LogP contribution in [-0.2, 0) is 27.5 Å². The normalized spacial score (nSPS) is 22.4. The summed E-state index contributed by atoms with van der Waals surface area (Å²) >= 11 is 1.72. The third-order valence-electron chi connectivity index (χ3n) is 13.2. The molecule has 8 rings (SSSR count). The first-order valence-electron chi connectivity index (χ1n) is 23.8. The van der Waals surface area contributed by atoms with Gasteiger partial charge in [0.2, 0.25) is 12.6 Å². The lowest BCUT2D eigenvalue weighted by Crippen LogP contribution is -2.70. The first kappa shape index (κ1) is 49.4. The van der Waals surface area contributed by atoms with Crippen molar-refractivity contribution in [2.45, 2.75) is 87.7 Å². The number of aliphatic hydroxyl groups is 2. The molecule has 0 saturated heterocycles. The molecule has 16 heteroatoms. The van der Waals surface area contributed by atoms with Crippen LogP contribution in [0.2, 0.25) is 0 Å². The van der Waals surface area contributed by atoms with Gasteiger partial charge in [-0.1, -0.05) is 54.4 Å². The number of thioether (sulfide) groups is 1. The van der Waals surface area contributed by atoms with Gasteiger partial charge in [-0.15, -0.1) is 18.3 Å². The number of benzene rings is 4. The van der Waals surface area contributed by atoms with Gasteiger partial charge in [0.1, 0.15) is 24.1 Å². The maximum absolute atomic E-state index is 14.7. The molecule has 15 nitrogen and oxygen atoms in total. The van der Waals surface area contributed by atoms with Crippen molar-refractivity contribution in [3.63, 3.8) is 0 Å². The molecule has 0 aromatic heterocycles. The molecular weight excluding hydrogens is 903 g/mol. The zero-order chi connectivity index (χ0) is 48.2. The Morgan fingerprint density at radius 2 is 1.71 bits per heavy atom. The SMILES string of the molecule is C=CCOC12Oc3ccc(OCCSc4ccccc4)cc3C3C(CCCCO)C(CCCCO)C=C(C(=NOCc4ccc([N+](=O)[O-])cc4)CC1N(Cc1ccc4c(c1)OCO4)C(=O)OCC)C32. The number of nitro groups is 1. The van der Waals surface area contributed by atoms with Crippen LogP contribution < -0.4 is 18.9 Å². The number of non-ortho nitro benzene ring substituents is 1. The summed E-state index contributed by atoms with van der Waals surface area (Å²) < 4.78 is 38.3. The molecule has 4 aromatic carbocycles. The summed E-state index contributed by atoms with van der Waals surface area (Å²) in [6.45, 7) is 6.80. The fourth-order valence-electron chi connectivity index (χ4n) is 10.2. The first-order chi connectivity index (χ1) is 33.8. The molecule has 4 aromatic rings. The van der Waals surface area contributed by atoms with Gasteiger partial charge in [0.25, 0.3) is 5.69 Å². The summed E-state index contributed by atoms with van der Waals surface area (Å²) in [7, 11) is 0. The molecule has 4 aliphatic rings. The molecule has 6 unspecified atom stereocenters.